The number of furan rings is 1. The van der Waals surface area contributed by atoms with E-state index in [1.165, 1.54) is 0 Å². The molecule has 0 saturated carbocycles. The monoisotopic (exact) mass is 522 g/mol. The molecule has 1 unspecified atom stereocenters. The molecule has 0 saturated heterocycles. The highest BCUT2D eigenvalue weighted by atomic mass is 127. The number of rotatable bonds is 7. The number of halogens is 1. The molecular weight excluding hydrogens is 495 g/mol. The van der Waals surface area contributed by atoms with Crippen molar-refractivity contribution in [3.05, 3.63) is 66.1 Å². The van der Waals surface area contributed by atoms with Crippen LogP contribution in [-0.2, 0) is 25.9 Å². The first kappa shape index (κ1) is 22.1. The topological polar surface area (TPSA) is 89.5 Å². The van der Waals surface area contributed by atoms with Gasteiger partial charge in [-0.2, -0.15) is 5.10 Å². The maximum Gasteiger partial charge on any atom is 0.191 e. The average Bonchev–Trinajstić information content (AvgIpc) is 3.44. The van der Waals surface area contributed by atoms with Gasteiger partial charge in [0.2, 0.25) is 0 Å². The van der Waals surface area contributed by atoms with Gasteiger partial charge in [0.25, 0.3) is 0 Å². The van der Waals surface area contributed by atoms with Crippen molar-refractivity contribution >= 4 is 29.9 Å². The van der Waals surface area contributed by atoms with Crippen LogP contribution in [0.5, 0.6) is 5.75 Å². The van der Waals surface area contributed by atoms with Crippen LogP contribution in [0.4, 0.5) is 0 Å². The molecule has 1 aromatic carbocycles. The normalized spacial score (nSPS) is 15.8. The third kappa shape index (κ3) is 5.97. The molecule has 0 spiro atoms. The van der Waals surface area contributed by atoms with Crippen molar-refractivity contribution in [1.82, 2.24) is 25.4 Å². The highest BCUT2D eigenvalue weighted by Gasteiger charge is 2.20. The molecular formula is C21H27IN6O2. The SMILES string of the molecule is COc1ccc(CN=C(NCCc2ccco2)NC2CCc3ncnn3C2)cc1.I. The number of fused-ring (bicyclic) bond motifs is 1. The molecule has 1 aliphatic rings. The van der Waals surface area contributed by atoms with E-state index in [2.05, 4.69) is 20.7 Å². The summed E-state index contributed by atoms with van der Waals surface area (Å²) in [7, 11) is 1.67. The Kier molecular flexibility index (Phi) is 8.12. The molecule has 0 radical (unpaired) electrons. The molecule has 0 fully saturated rings. The third-order valence-corrected chi connectivity index (χ3v) is 4.97. The van der Waals surface area contributed by atoms with E-state index >= 15 is 0 Å². The molecule has 1 atom stereocenters. The number of benzene rings is 1. The van der Waals surface area contributed by atoms with Gasteiger partial charge in [0.05, 0.1) is 26.5 Å². The summed E-state index contributed by atoms with van der Waals surface area (Å²) >= 11 is 0. The summed E-state index contributed by atoms with van der Waals surface area (Å²) in [6.07, 6.45) is 6.03. The summed E-state index contributed by atoms with van der Waals surface area (Å²) in [5.74, 6) is 3.64. The number of aryl methyl sites for hydroxylation is 1. The van der Waals surface area contributed by atoms with Gasteiger partial charge < -0.3 is 19.8 Å². The van der Waals surface area contributed by atoms with Crippen LogP contribution in [0.15, 0.2) is 58.4 Å². The molecule has 0 amide bonds. The fourth-order valence-electron chi connectivity index (χ4n) is 3.36. The van der Waals surface area contributed by atoms with Crippen molar-refractivity contribution in [2.24, 2.45) is 4.99 Å². The van der Waals surface area contributed by atoms with Gasteiger partial charge in [0.15, 0.2) is 5.96 Å². The van der Waals surface area contributed by atoms with Crippen molar-refractivity contribution in [2.45, 2.75) is 38.4 Å². The number of guanidine groups is 1. The van der Waals surface area contributed by atoms with Gasteiger partial charge in [-0.3, -0.25) is 0 Å². The Hall–Kier alpha value is -2.56. The fourth-order valence-corrected chi connectivity index (χ4v) is 3.36. The minimum absolute atomic E-state index is 0. The Bertz CT molecular complexity index is 923. The first-order valence-electron chi connectivity index (χ1n) is 9.87. The number of aliphatic imine (C=N–C) groups is 1. The van der Waals surface area contributed by atoms with Crippen LogP contribution in [0.2, 0.25) is 0 Å². The molecule has 4 rings (SSSR count). The smallest absolute Gasteiger partial charge is 0.191 e. The minimum Gasteiger partial charge on any atom is -0.497 e. The lowest BCUT2D eigenvalue weighted by Gasteiger charge is -2.25. The van der Waals surface area contributed by atoms with Crippen molar-refractivity contribution in [3.63, 3.8) is 0 Å². The van der Waals surface area contributed by atoms with Crippen LogP contribution < -0.4 is 15.4 Å². The van der Waals surface area contributed by atoms with Crippen molar-refractivity contribution < 1.29 is 9.15 Å². The van der Waals surface area contributed by atoms with Crippen LogP contribution in [0.1, 0.15) is 23.6 Å². The minimum atomic E-state index is 0. The van der Waals surface area contributed by atoms with Gasteiger partial charge >= 0.3 is 0 Å². The number of nitrogens with zero attached hydrogens (tertiary/aromatic N) is 4. The Labute approximate surface area is 193 Å². The summed E-state index contributed by atoms with van der Waals surface area (Å²) in [4.78, 5) is 9.08. The lowest BCUT2D eigenvalue weighted by atomic mass is 10.1. The lowest BCUT2D eigenvalue weighted by molar-refractivity contribution is 0.392. The second kappa shape index (κ2) is 11.0. The molecule has 8 nitrogen and oxygen atoms in total. The van der Waals surface area contributed by atoms with Gasteiger partial charge in [-0.15, -0.1) is 24.0 Å². The van der Waals surface area contributed by atoms with E-state index in [-0.39, 0.29) is 30.0 Å². The fraction of sp³-hybridized carbons (Fsp3) is 0.381. The average molecular weight is 522 g/mol. The quantitative estimate of drug-likeness (QED) is 0.282. The van der Waals surface area contributed by atoms with E-state index in [9.17, 15) is 0 Å². The van der Waals surface area contributed by atoms with E-state index in [1.54, 1.807) is 19.7 Å². The van der Waals surface area contributed by atoms with Crippen LogP contribution in [-0.4, -0.2) is 40.4 Å². The summed E-state index contributed by atoms with van der Waals surface area (Å²) in [5, 5.41) is 11.3. The molecule has 3 heterocycles. The number of aromatic nitrogens is 3. The molecule has 2 aromatic heterocycles. The van der Waals surface area contributed by atoms with E-state index < -0.39 is 0 Å². The predicted octanol–water partition coefficient (Wildman–Crippen LogP) is 2.79. The van der Waals surface area contributed by atoms with Gasteiger partial charge in [-0.25, -0.2) is 14.7 Å². The molecule has 3 aromatic rings. The molecule has 30 heavy (non-hydrogen) atoms. The summed E-state index contributed by atoms with van der Waals surface area (Å²) in [6.45, 7) is 2.11. The van der Waals surface area contributed by atoms with Gasteiger partial charge in [0.1, 0.15) is 23.7 Å². The molecule has 2 N–H and O–H groups in total. The van der Waals surface area contributed by atoms with Gasteiger partial charge in [-0.05, 0) is 36.2 Å². The van der Waals surface area contributed by atoms with Gasteiger partial charge in [-0.1, -0.05) is 12.1 Å². The first-order chi connectivity index (χ1) is 14.3. The maximum atomic E-state index is 5.42. The van der Waals surface area contributed by atoms with Crippen molar-refractivity contribution in [1.29, 1.82) is 0 Å². The second-order valence-electron chi connectivity index (χ2n) is 7.01. The molecule has 1 aliphatic heterocycles. The zero-order valence-corrected chi connectivity index (χ0v) is 19.3. The Balaban J connectivity index is 0.00000256. The second-order valence-corrected chi connectivity index (χ2v) is 7.01. The zero-order valence-electron chi connectivity index (χ0n) is 17.0. The summed E-state index contributed by atoms with van der Waals surface area (Å²) in [6, 6.07) is 12.1. The molecule has 0 aliphatic carbocycles. The number of hydrogen-bond donors (Lipinski definition) is 2. The third-order valence-electron chi connectivity index (χ3n) is 4.97. The van der Waals surface area contributed by atoms with Crippen LogP contribution in [0, 0.1) is 0 Å². The Morgan fingerprint density at radius 3 is 2.93 bits per heavy atom. The summed E-state index contributed by atoms with van der Waals surface area (Å²) < 4.78 is 12.6. The van der Waals surface area contributed by atoms with Crippen LogP contribution in [0.3, 0.4) is 0 Å². The van der Waals surface area contributed by atoms with E-state index in [0.717, 1.165) is 61.2 Å². The van der Waals surface area contributed by atoms with Crippen LogP contribution in [0.25, 0.3) is 0 Å². The highest BCUT2D eigenvalue weighted by molar-refractivity contribution is 14.0. The van der Waals surface area contributed by atoms with Crippen molar-refractivity contribution in [3.8, 4) is 5.75 Å². The number of hydrogen-bond acceptors (Lipinski definition) is 5. The van der Waals surface area contributed by atoms with E-state index in [0.29, 0.717) is 6.54 Å². The van der Waals surface area contributed by atoms with Gasteiger partial charge in [0, 0.05) is 25.4 Å². The maximum absolute atomic E-state index is 5.42. The highest BCUT2D eigenvalue weighted by Crippen LogP contribution is 2.13. The Morgan fingerprint density at radius 1 is 1.30 bits per heavy atom. The predicted molar refractivity (Wildman–Crippen MR) is 125 cm³/mol. The van der Waals surface area contributed by atoms with Crippen LogP contribution >= 0.6 is 24.0 Å². The molecule has 9 heteroatoms. The molecule has 0 bridgehead atoms. The van der Waals surface area contributed by atoms with E-state index in [4.69, 9.17) is 14.1 Å². The number of nitrogens with one attached hydrogen (secondary N) is 2. The zero-order chi connectivity index (χ0) is 19.9. The largest absolute Gasteiger partial charge is 0.497 e. The standard InChI is InChI=1S/C21H26N6O2.HI/c1-28-18-7-4-16(5-8-18)13-23-21(22-11-10-19-3-2-12-29-19)26-17-6-9-20-24-15-25-27(20)14-17;/h2-5,7-8,12,15,17H,6,9-11,13-14H2,1H3,(H2,22,23,26);1H. The molecule has 160 valence electrons. The van der Waals surface area contributed by atoms with E-state index in [1.807, 2.05) is 41.1 Å². The number of methoxy groups -OCH3 is 1. The Morgan fingerprint density at radius 2 is 2.17 bits per heavy atom. The van der Waals surface area contributed by atoms with Crippen molar-refractivity contribution in [2.75, 3.05) is 13.7 Å². The first-order valence-corrected chi connectivity index (χ1v) is 9.87. The summed E-state index contributed by atoms with van der Waals surface area (Å²) in [5.41, 5.74) is 1.13. The number of ether oxygens (including phenoxy) is 1. The lowest BCUT2D eigenvalue weighted by Crippen LogP contribution is -2.47.